The molecule has 1 aliphatic heterocycles. The number of likely N-dealkylation sites (tertiary alicyclic amines) is 1. The second-order valence-electron chi connectivity index (χ2n) is 3.85. The van der Waals surface area contributed by atoms with Gasteiger partial charge in [-0.3, -0.25) is 4.79 Å². The van der Waals surface area contributed by atoms with E-state index >= 15 is 0 Å². The van der Waals surface area contributed by atoms with Crippen LogP contribution in [0, 0.1) is 0 Å². The number of carbonyl (C=O) groups excluding carboxylic acids is 1. The van der Waals surface area contributed by atoms with Gasteiger partial charge in [-0.2, -0.15) is 0 Å². The van der Waals surface area contributed by atoms with Crippen LogP contribution in [0.5, 0.6) is 0 Å². The topological polar surface area (TPSA) is 41.6 Å². The third-order valence-electron chi connectivity index (χ3n) is 2.54. The van der Waals surface area contributed by atoms with Gasteiger partial charge in [-0.15, -0.1) is 0 Å². The molecule has 0 unspecified atom stereocenters. The zero-order valence-corrected chi connectivity index (χ0v) is 9.08. The fourth-order valence-corrected chi connectivity index (χ4v) is 1.57. The van der Waals surface area contributed by atoms with Crippen LogP contribution >= 0.6 is 0 Å². The maximum absolute atomic E-state index is 11.3. The first-order chi connectivity index (χ1) is 6.72. The van der Waals surface area contributed by atoms with Crippen LogP contribution in [-0.2, 0) is 9.53 Å². The molecule has 0 bridgehead atoms. The van der Waals surface area contributed by atoms with Crippen molar-refractivity contribution in [1.29, 1.82) is 0 Å². The van der Waals surface area contributed by atoms with Gasteiger partial charge >= 0.3 is 5.97 Å². The monoisotopic (exact) mass is 200 g/mol. The highest BCUT2D eigenvalue weighted by Crippen LogP contribution is 2.12. The molecule has 1 aliphatic rings. The summed E-state index contributed by atoms with van der Waals surface area (Å²) in [5, 5.41) is 2.93. The summed E-state index contributed by atoms with van der Waals surface area (Å²) in [6, 6.07) is 0. The van der Waals surface area contributed by atoms with Crippen LogP contribution in [0.2, 0.25) is 0 Å². The third kappa shape index (κ3) is 4.07. The van der Waals surface area contributed by atoms with Gasteiger partial charge in [0, 0.05) is 19.6 Å². The number of nitrogens with one attached hydrogen (secondary N) is 1. The van der Waals surface area contributed by atoms with E-state index in [0.717, 1.165) is 25.9 Å². The summed E-state index contributed by atoms with van der Waals surface area (Å²) >= 11 is 0. The average Bonchev–Trinajstić information content (AvgIpc) is 2.18. The maximum Gasteiger partial charge on any atom is 0.307 e. The van der Waals surface area contributed by atoms with Crippen LogP contribution in [0.15, 0.2) is 0 Å². The molecule has 0 atom stereocenters. The Morgan fingerprint density at radius 2 is 2.14 bits per heavy atom. The summed E-state index contributed by atoms with van der Waals surface area (Å²) < 4.78 is 5.34. The number of esters is 1. The molecule has 1 saturated heterocycles. The van der Waals surface area contributed by atoms with Gasteiger partial charge in [-0.1, -0.05) is 0 Å². The molecule has 0 saturated carbocycles. The Labute approximate surface area is 85.6 Å². The van der Waals surface area contributed by atoms with Crippen molar-refractivity contribution in [2.75, 3.05) is 33.7 Å². The summed E-state index contributed by atoms with van der Waals surface area (Å²) in [7, 11) is 3.93. The molecule has 14 heavy (non-hydrogen) atoms. The van der Waals surface area contributed by atoms with E-state index in [2.05, 4.69) is 17.3 Å². The number of hydrogen-bond donors (Lipinski definition) is 1. The minimum atomic E-state index is -0.0751. The predicted molar refractivity (Wildman–Crippen MR) is 55.2 cm³/mol. The largest absolute Gasteiger partial charge is 0.462 e. The zero-order valence-electron chi connectivity index (χ0n) is 9.08. The van der Waals surface area contributed by atoms with Gasteiger partial charge in [0.15, 0.2) is 0 Å². The Morgan fingerprint density at radius 3 is 2.71 bits per heavy atom. The molecule has 1 rings (SSSR count). The summed E-state index contributed by atoms with van der Waals surface area (Å²) in [4.78, 5) is 13.5. The number of carbonyl (C=O) groups is 1. The number of piperidine rings is 1. The molecular formula is C10H20N2O2. The lowest BCUT2D eigenvalue weighted by atomic mass is 10.1. The molecule has 1 heterocycles. The Bertz CT molecular complexity index is 177. The minimum Gasteiger partial charge on any atom is -0.462 e. The van der Waals surface area contributed by atoms with Crippen molar-refractivity contribution in [3.63, 3.8) is 0 Å². The summed E-state index contributed by atoms with van der Waals surface area (Å²) in [6.45, 7) is 2.76. The van der Waals surface area contributed by atoms with E-state index in [1.165, 1.54) is 0 Å². The summed E-state index contributed by atoms with van der Waals surface area (Å²) in [5.41, 5.74) is 0. The molecule has 0 aliphatic carbocycles. The van der Waals surface area contributed by atoms with Gasteiger partial charge in [-0.25, -0.2) is 0 Å². The van der Waals surface area contributed by atoms with Crippen molar-refractivity contribution < 1.29 is 9.53 Å². The van der Waals surface area contributed by atoms with Gasteiger partial charge in [0.2, 0.25) is 0 Å². The molecule has 1 N–H and O–H groups in total. The summed E-state index contributed by atoms with van der Waals surface area (Å²) in [6.07, 6.45) is 2.57. The van der Waals surface area contributed by atoms with E-state index < -0.39 is 0 Å². The van der Waals surface area contributed by atoms with E-state index in [-0.39, 0.29) is 12.1 Å². The number of nitrogens with zero attached hydrogens (tertiary/aromatic N) is 1. The first-order valence-corrected chi connectivity index (χ1v) is 5.25. The Balaban J connectivity index is 2.14. The normalized spacial score (nSPS) is 19.6. The smallest absolute Gasteiger partial charge is 0.307 e. The second kappa shape index (κ2) is 5.98. The summed E-state index contributed by atoms with van der Waals surface area (Å²) in [5.74, 6) is -0.0751. The van der Waals surface area contributed by atoms with Gasteiger partial charge in [0.25, 0.3) is 0 Å². The van der Waals surface area contributed by atoms with Crippen molar-refractivity contribution in [2.45, 2.75) is 25.4 Å². The van der Waals surface area contributed by atoms with Crippen molar-refractivity contribution in [2.24, 2.45) is 0 Å². The highest BCUT2D eigenvalue weighted by molar-refractivity contribution is 5.69. The lowest BCUT2D eigenvalue weighted by molar-refractivity contribution is -0.150. The van der Waals surface area contributed by atoms with E-state index in [1.54, 1.807) is 0 Å². The quantitative estimate of drug-likeness (QED) is 0.660. The zero-order chi connectivity index (χ0) is 10.4. The second-order valence-corrected chi connectivity index (χ2v) is 3.85. The molecule has 4 heteroatoms. The van der Waals surface area contributed by atoms with Crippen LogP contribution in [0.1, 0.15) is 19.3 Å². The van der Waals surface area contributed by atoms with Gasteiger partial charge in [0.1, 0.15) is 6.10 Å². The highest BCUT2D eigenvalue weighted by Gasteiger charge is 2.19. The molecule has 0 radical (unpaired) electrons. The predicted octanol–water partition coefficient (Wildman–Crippen LogP) is 0.233. The highest BCUT2D eigenvalue weighted by atomic mass is 16.5. The molecule has 0 spiro atoms. The first kappa shape index (κ1) is 11.5. The van der Waals surface area contributed by atoms with Crippen LogP contribution < -0.4 is 5.32 Å². The molecule has 4 nitrogen and oxygen atoms in total. The lowest BCUT2D eigenvalue weighted by Gasteiger charge is -2.28. The van der Waals surface area contributed by atoms with Gasteiger partial charge < -0.3 is 15.0 Å². The van der Waals surface area contributed by atoms with Crippen molar-refractivity contribution in [3.05, 3.63) is 0 Å². The Kier molecular flexibility index (Phi) is 4.90. The van der Waals surface area contributed by atoms with Crippen molar-refractivity contribution in [3.8, 4) is 0 Å². The first-order valence-electron chi connectivity index (χ1n) is 5.25. The van der Waals surface area contributed by atoms with Gasteiger partial charge in [-0.05, 0) is 26.9 Å². The SMILES string of the molecule is CNCCC(=O)OC1CCN(C)CC1. The van der Waals surface area contributed by atoms with Crippen molar-refractivity contribution in [1.82, 2.24) is 10.2 Å². The van der Waals surface area contributed by atoms with Crippen LogP contribution in [-0.4, -0.2) is 50.7 Å². The Hall–Kier alpha value is -0.610. The molecule has 0 aromatic rings. The molecule has 1 fully saturated rings. The molecular weight excluding hydrogens is 180 g/mol. The fraction of sp³-hybridized carbons (Fsp3) is 0.900. The van der Waals surface area contributed by atoms with Crippen LogP contribution in [0.3, 0.4) is 0 Å². The fourth-order valence-electron chi connectivity index (χ4n) is 1.57. The van der Waals surface area contributed by atoms with Crippen molar-refractivity contribution >= 4 is 5.97 Å². The van der Waals surface area contributed by atoms with E-state index in [4.69, 9.17) is 4.74 Å². The molecule has 0 aromatic heterocycles. The Morgan fingerprint density at radius 1 is 1.50 bits per heavy atom. The van der Waals surface area contributed by atoms with Gasteiger partial charge in [0.05, 0.1) is 6.42 Å². The number of hydrogen-bond acceptors (Lipinski definition) is 4. The molecule has 0 amide bonds. The van der Waals surface area contributed by atoms with Crippen LogP contribution in [0.25, 0.3) is 0 Å². The lowest BCUT2D eigenvalue weighted by Crippen LogP contribution is -2.35. The average molecular weight is 200 g/mol. The standard InChI is InChI=1S/C10H20N2O2/c1-11-6-3-10(13)14-9-4-7-12(2)8-5-9/h9,11H,3-8H2,1-2H3. The van der Waals surface area contributed by atoms with E-state index in [0.29, 0.717) is 13.0 Å². The molecule has 82 valence electrons. The van der Waals surface area contributed by atoms with E-state index in [1.807, 2.05) is 7.05 Å². The maximum atomic E-state index is 11.3. The third-order valence-corrected chi connectivity index (χ3v) is 2.54. The minimum absolute atomic E-state index is 0.0751. The van der Waals surface area contributed by atoms with E-state index in [9.17, 15) is 4.79 Å². The number of ether oxygens (including phenoxy) is 1. The van der Waals surface area contributed by atoms with Crippen LogP contribution in [0.4, 0.5) is 0 Å². The molecule has 0 aromatic carbocycles. The number of rotatable bonds is 4.